The smallest absolute Gasteiger partial charge is 0.347 e. The molecular formula is C11H12O3. The fraction of sp³-hybridized carbons (Fsp3) is 0.364. The molecule has 0 N–H and O–H groups in total. The molecule has 0 amide bonds. The van der Waals surface area contributed by atoms with Crippen molar-refractivity contribution in [2.45, 2.75) is 19.4 Å². The summed E-state index contributed by atoms with van der Waals surface area (Å²) in [7, 11) is 1.37. The molecule has 0 aromatic heterocycles. The number of esters is 1. The molecule has 1 atom stereocenters. The van der Waals surface area contributed by atoms with Gasteiger partial charge in [-0.25, -0.2) is 4.79 Å². The second kappa shape index (κ2) is 3.33. The SMILES string of the molecule is COC(=O)C1Cc2ccc(C)cc2O1. The van der Waals surface area contributed by atoms with E-state index in [0.29, 0.717) is 6.42 Å². The highest BCUT2D eigenvalue weighted by Gasteiger charge is 2.29. The van der Waals surface area contributed by atoms with Crippen molar-refractivity contribution in [2.75, 3.05) is 7.11 Å². The molecule has 1 aliphatic heterocycles. The van der Waals surface area contributed by atoms with Crippen LogP contribution in [0.15, 0.2) is 18.2 Å². The van der Waals surface area contributed by atoms with Gasteiger partial charge in [0.1, 0.15) is 5.75 Å². The van der Waals surface area contributed by atoms with Crippen molar-refractivity contribution < 1.29 is 14.3 Å². The molecule has 0 spiro atoms. The average molecular weight is 192 g/mol. The Labute approximate surface area is 82.6 Å². The first-order chi connectivity index (χ1) is 6.70. The second-order valence-electron chi connectivity index (χ2n) is 3.44. The Hall–Kier alpha value is -1.51. The van der Waals surface area contributed by atoms with Crippen molar-refractivity contribution in [3.05, 3.63) is 29.3 Å². The molecule has 1 unspecified atom stereocenters. The van der Waals surface area contributed by atoms with Gasteiger partial charge < -0.3 is 9.47 Å². The fourth-order valence-corrected chi connectivity index (χ4v) is 1.60. The quantitative estimate of drug-likeness (QED) is 0.632. The van der Waals surface area contributed by atoms with E-state index < -0.39 is 6.10 Å². The van der Waals surface area contributed by atoms with Gasteiger partial charge in [-0.1, -0.05) is 12.1 Å². The summed E-state index contributed by atoms with van der Waals surface area (Å²) >= 11 is 0. The van der Waals surface area contributed by atoms with Gasteiger partial charge in [-0.3, -0.25) is 0 Å². The summed E-state index contributed by atoms with van der Waals surface area (Å²) in [4.78, 5) is 11.2. The molecule has 0 radical (unpaired) electrons. The number of aryl methyl sites for hydroxylation is 1. The Kier molecular flexibility index (Phi) is 2.15. The van der Waals surface area contributed by atoms with Gasteiger partial charge in [0.25, 0.3) is 0 Å². The predicted molar refractivity (Wildman–Crippen MR) is 51.3 cm³/mol. The Morgan fingerprint density at radius 2 is 2.36 bits per heavy atom. The number of benzene rings is 1. The molecule has 0 saturated carbocycles. The number of fused-ring (bicyclic) bond motifs is 1. The summed E-state index contributed by atoms with van der Waals surface area (Å²) in [5.41, 5.74) is 2.21. The van der Waals surface area contributed by atoms with E-state index in [2.05, 4.69) is 4.74 Å². The van der Waals surface area contributed by atoms with Gasteiger partial charge in [-0.05, 0) is 24.1 Å². The van der Waals surface area contributed by atoms with Crippen molar-refractivity contribution in [2.24, 2.45) is 0 Å². The van der Waals surface area contributed by atoms with Crippen molar-refractivity contribution in [1.29, 1.82) is 0 Å². The number of methoxy groups -OCH3 is 1. The molecule has 74 valence electrons. The maximum Gasteiger partial charge on any atom is 0.347 e. The zero-order valence-corrected chi connectivity index (χ0v) is 8.24. The van der Waals surface area contributed by atoms with Gasteiger partial charge in [0.15, 0.2) is 6.10 Å². The van der Waals surface area contributed by atoms with Crippen LogP contribution >= 0.6 is 0 Å². The van der Waals surface area contributed by atoms with Gasteiger partial charge in [-0.2, -0.15) is 0 Å². The third-order valence-corrected chi connectivity index (χ3v) is 2.36. The summed E-state index contributed by atoms with van der Waals surface area (Å²) in [5, 5.41) is 0. The van der Waals surface area contributed by atoms with Crippen molar-refractivity contribution in [3.8, 4) is 5.75 Å². The van der Waals surface area contributed by atoms with Crippen LogP contribution in [0.5, 0.6) is 5.75 Å². The zero-order chi connectivity index (χ0) is 10.1. The zero-order valence-electron chi connectivity index (χ0n) is 8.24. The first kappa shape index (κ1) is 9.06. The number of ether oxygens (including phenoxy) is 2. The summed E-state index contributed by atoms with van der Waals surface area (Å²) in [6.45, 7) is 2.00. The van der Waals surface area contributed by atoms with Crippen LogP contribution in [0.4, 0.5) is 0 Å². The lowest BCUT2D eigenvalue weighted by Gasteiger charge is -2.06. The van der Waals surface area contributed by atoms with Crippen LogP contribution < -0.4 is 4.74 Å². The van der Waals surface area contributed by atoms with Crippen LogP contribution in [-0.4, -0.2) is 19.2 Å². The highest BCUT2D eigenvalue weighted by molar-refractivity contribution is 5.76. The minimum absolute atomic E-state index is 0.307. The molecule has 1 aliphatic rings. The topological polar surface area (TPSA) is 35.5 Å². The van der Waals surface area contributed by atoms with Crippen LogP contribution in [-0.2, 0) is 16.0 Å². The first-order valence-electron chi connectivity index (χ1n) is 4.54. The molecule has 0 aliphatic carbocycles. The van der Waals surface area contributed by atoms with E-state index >= 15 is 0 Å². The van der Waals surface area contributed by atoms with E-state index in [9.17, 15) is 4.79 Å². The lowest BCUT2D eigenvalue weighted by Crippen LogP contribution is -2.26. The third-order valence-electron chi connectivity index (χ3n) is 2.36. The van der Waals surface area contributed by atoms with Crippen LogP contribution in [0.3, 0.4) is 0 Å². The largest absolute Gasteiger partial charge is 0.478 e. The number of rotatable bonds is 1. The Morgan fingerprint density at radius 1 is 1.57 bits per heavy atom. The third kappa shape index (κ3) is 1.45. The number of hydrogen-bond donors (Lipinski definition) is 0. The van der Waals surface area contributed by atoms with Crippen LogP contribution in [0.25, 0.3) is 0 Å². The monoisotopic (exact) mass is 192 g/mol. The molecule has 0 saturated heterocycles. The van der Waals surface area contributed by atoms with E-state index in [1.165, 1.54) is 7.11 Å². The van der Waals surface area contributed by atoms with Crippen molar-refractivity contribution in [1.82, 2.24) is 0 Å². The van der Waals surface area contributed by atoms with Crippen molar-refractivity contribution >= 4 is 5.97 Å². The molecule has 1 heterocycles. The normalized spacial score (nSPS) is 18.6. The Balaban J connectivity index is 2.22. The van der Waals surface area contributed by atoms with E-state index in [0.717, 1.165) is 16.9 Å². The predicted octanol–water partition coefficient (Wildman–Crippen LogP) is 1.47. The highest BCUT2D eigenvalue weighted by atomic mass is 16.6. The van der Waals surface area contributed by atoms with Gasteiger partial charge in [0.2, 0.25) is 0 Å². The van der Waals surface area contributed by atoms with E-state index in [4.69, 9.17) is 4.74 Å². The molecule has 14 heavy (non-hydrogen) atoms. The second-order valence-corrected chi connectivity index (χ2v) is 3.44. The summed E-state index contributed by atoms with van der Waals surface area (Å²) < 4.78 is 10.1. The Bertz CT molecular complexity index is 371. The van der Waals surface area contributed by atoms with Gasteiger partial charge >= 0.3 is 5.97 Å². The summed E-state index contributed by atoms with van der Waals surface area (Å²) in [5.74, 6) is 0.499. The molecule has 0 bridgehead atoms. The van der Waals surface area contributed by atoms with Crippen LogP contribution in [0.1, 0.15) is 11.1 Å². The lowest BCUT2D eigenvalue weighted by molar-refractivity contribution is -0.147. The summed E-state index contributed by atoms with van der Waals surface area (Å²) in [6.07, 6.45) is 0.152. The maximum absolute atomic E-state index is 11.2. The maximum atomic E-state index is 11.2. The first-order valence-corrected chi connectivity index (χ1v) is 4.54. The molecule has 3 nitrogen and oxygen atoms in total. The van der Waals surface area contributed by atoms with E-state index in [1.807, 2.05) is 25.1 Å². The summed E-state index contributed by atoms with van der Waals surface area (Å²) in [6, 6.07) is 5.95. The fourth-order valence-electron chi connectivity index (χ4n) is 1.60. The molecule has 1 aromatic rings. The van der Waals surface area contributed by atoms with E-state index in [-0.39, 0.29) is 5.97 Å². The van der Waals surface area contributed by atoms with Gasteiger partial charge in [0.05, 0.1) is 7.11 Å². The molecular weight excluding hydrogens is 180 g/mol. The van der Waals surface area contributed by atoms with E-state index in [1.54, 1.807) is 0 Å². The standard InChI is InChI=1S/C11H12O3/c1-7-3-4-8-6-10(11(12)13-2)14-9(8)5-7/h3-5,10H,6H2,1-2H3. The van der Waals surface area contributed by atoms with Crippen LogP contribution in [0.2, 0.25) is 0 Å². The number of hydrogen-bond acceptors (Lipinski definition) is 3. The van der Waals surface area contributed by atoms with Crippen molar-refractivity contribution in [3.63, 3.8) is 0 Å². The molecule has 3 heteroatoms. The van der Waals surface area contributed by atoms with Gasteiger partial charge in [0, 0.05) is 6.42 Å². The van der Waals surface area contributed by atoms with Crippen LogP contribution in [0, 0.1) is 6.92 Å². The average Bonchev–Trinajstić information content (AvgIpc) is 2.59. The molecule has 1 aromatic carbocycles. The minimum atomic E-state index is -0.461. The van der Waals surface area contributed by atoms with Gasteiger partial charge in [-0.15, -0.1) is 0 Å². The number of carbonyl (C=O) groups excluding carboxylic acids is 1. The molecule has 0 fully saturated rings. The highest BCUT2D eigenvalue weighted by Crippen LogP contribution is 2.29. The minimum Gasteiger partial charge on any atom is -0.478 e. The lowest BCUT2D eigenvalue weighted by atomic mass is 10.1. The Morgan fingerprint density at radius 3 is 3.07 bits per heavy atom. The number of carbonyl (C=O) groups is 1. The molecule has 2 rings (SSSR count).